The Hall–Kier alpha value is -5.90. The zero-order valence-electron chi connectivity index (χ0n) is 25.1. The van der Waals surface area contributed by atoms with Crippen LogP contribution in [0, 0.1) is 22.7 Å². The van der Waals surface area contributed by atoms with E-state index in [1.807, 2.05) is 36.4 Å². The molecule has 0 saturated carbocycles. The van der Waals surface area contributed by atoms with Crippen LogP contribution in [0.1, 0.15) is 58.7 Å². The first-order valence-corrected chi connectivity index (χ1v) is 15.3. The summed E-state index contributed by atoms with van der Waals surface area (Å²) in [5, 5.41) is 23.5. The molecule has 0 saturated heterocycles. The van der Waals surface area contributed by atoms with Gasteiger partial charge in [0.15, 0.2) is 0 Å². The normalized spacial score (nSPS) is 14.8. The second-order valence-corrected chi connectivity index (χ2v) is 12.3. The SMILES string of the molecule is CC1(C)c2ccccc2C(c2ccccc2)c2c(C#N)cc(-c3cccc(C#N)c3-n3c4ccccc4c4ccccc43)cc21. The molecule has 0 radical (unpaired) electrons. The fraction of sp³-hybridized carbons (Fsp3) is 0.0952. The molecule has 0 aliphatic heterocycles. The summed E-state index contributed by atoms with van der Waals surface area (Å²) in [5.41, 5.74) is 11.5. The smallest absolute Gasteiger partial charge is 0.101 e. The zero-order chi connectivity index (χ0) is 30.7. The molecule has 0 bridgehead atoms. The Kier molecular flexibility index (Phi) is 5.99. The molecule has 7 aromatic rings. The van der Waals surface area contributed by atoms with Crippen LogP contribution < -0.4 is 0 Å². The molecule has 0 N–H and O–H groups in total. The monoisotopic (exact) mass is 575 g/mol. The number of benzene rings is 6. The Bertz CT molecular complexity index is 2330. The number of nitriles is 2. The number of hydrogen-bond acceptors (Lipinski definition) is 2. The molecule has 1 aliphatic rings. The molecule has 212 valence electrons. The molecule has 1 aromatic heterocycles. The molecule has 45 heavy (non-hydrogen) atoms. The van der Waals surface area contributed by atoms with E-state index in [9.17, 15) is 10.5 Å². The fourth-order valence-corrected chi connectivity index (χ4v) is 7.61. The van der Waals surface area contributed by atoms with Gasteiger partial charge in [-0.15, -0.1) is 0 Å². The van der Waals surface area contributed by atoms with E-state index in [-0.39, 0.29) is 11.3 Å². The largest absolute Gasteiger partial charge is 0.307 e. The number of hydrogen-bond donors (Lipinski definition) is 0. The highest BCUT2D eigenvalue weighted by atomic mass is 15.0. The van der Waals surface area contributed by atoms with Crippen LogP contribution in [0.2, 0.25) is 0 Å². The van der Waals surface area contributed by atoms with Crippen LogP contribution in [-0.4, -0.2) is 4.57 Å². The summed E-state index contributed by atoms with van der Waals surface area (Å²) < 4.78 is 2.22. The van der Waals surface area contributed by atoms with Crippen molar-refractivity contribution in [2.45, 2.75) is 25.2 Å². The van der Waals surface area contributed by atoms with Gasteiger partial charge in [0.1, 0.15) is 6.07 Å². The molecule has 1 unspecified atom stereocenters. The van der Waals surface area contributed by atoms with Gasteiger partial charge in [-0.3, -0.25) is 0 Å². The molecular weight excluding hydrogens is 546 g/mol. The first-order chi connectivity index (χ1) is 22.0. The van der Waals surface area contributed by atoms with Crippen LogP contribution in [0.25, 0.3) is 38.6 Å². The summed E-state index contributed by atoms with van der Waals surface area (Å²) in [6, 6.07) is 51.2. The van der Waals surface area contributed by atoms with Crippen molar-refractivity contribution in [2.75, 3.05) is 0 Å². The molecule has 0 amide bonds. The van der Waals surface area contributed by atoms with Crippen molar-refractivity contribution in [3.63, 3.8) is 0 Å². The van der Waals surface area contributed by atoms with Crippen LogP contribution in [0.5, 0.6) is 0 Å². The molecule has 3 nitrogen and oxygen atoms in total. The minimum Gasteiger partial charge on any atom is -0.307 e. The zero-order valence-corrected chi connectivity index (χ0v) is 25.1. The van der Waals surface area contributed by atoms with Crippen molar-refractivity contribution < 1.29 is 0 Å². The molecule has 0 spiro atoms. The van der Waals surface area contributed by atoms with Crippen molar-refractivity contribution >= 4 is 21.8 Å². The maximum atomic E-state index is 10.8. The summed E-state index contributed by atoms with van der Waals surface area (Å²) >= 11 is 0. The van der Waals surface area contributed by atoms with Gasteiger partial charge in [-0.1, -0.05) is 117 Å². The molecule has 6 aromatic carbocycles. The molecule has 8 rings (SSSR count). The Balaban J connectivity index is 1.46. The minimum absolute atomic E-state index is 0.0589. The highest BCUT2D eigenvalue weighted by molar-refractivity contribution is 6.10. The number of para-hydroxylation sites is 3. The van der Waals surface area contributed by atoms with E-state index < -0.39 is 0 Å². The minimum atomic E-state index is -0.349. The van der Waals surface area contributed by atoms with Gasteiger partial charge in [-0.25, -0.2) is 0 Å². The van der Waals surface area contributed by atoms with Gasteiger partial charge in [-0.2, -0.15) is 10.5 Å². The lowest BCUT2D eigenvalue weighted by Gasteiger charge is -2.40. The van der Waals surface area contributed by atoms with E-state index in [2.05, 4.69) is 128 Å². The van der Waals surface area contributed by atoms with Crippen molar-refractivity contribution in [1.29, 1.82) is 10.5 Å². The van der Waals surface area contributed by atoms with Gasteiger partial charge in [-0.05, 0) is 63.7 Å². The van der Waals surface area contributed by atoms with E-state index >= 15 is 0 Å². The van der Waals surface area contributed by atoms with Crippen LogP contribution in [0.15, 0.2) is 133 Å². The van der Waals surface area contributed by atoms with Gasteiger partial charge in [0.25, 0.3) is 0 Å². The molecule has 1 heterocycles. The fourth-order valence-electron chi connectivity index (χ4n) is 7.61. The number of rotatable bonds is 3. The van der Waals surface area contributed by atoms with Crippen molar-refractivity contribution in [2.24, 2.45) is 0 Å². The van der Waals surface area contributed by atoms with Gasteiger partial charge in [0.05, 0.1) is 33.9 Å². The molecule has 0 fully saturated rings. The van der Waals surface area contributed by atoms with Crippen LogP contribution >= 0.6 is 0 Å². The third-order valence-corrected chi connectivity index (χ3v) is 9.61. The highest BCUT2D eigenvalue weighted by Gasteiger charge is 2.40. The lowest BCUT2D eigenvalue weighted by Crippen LogP contribution is -2.30. The summed E-state index contributed by atoms with van der Waals surface area (Å²) in [5.74, 6) is -0.0589. The molecule has 1 aliphatic carbocycles. The summed E-state index contributed by atoms with van der Waals surface area (Å²) in [6.45, 7) is 4.52. The van der Waals surface area contributed by atoms with Gasteiger partial charge >= 0.3 is 0 Å². The Morgan fingerprint density at radius 1 is 0.600 bits per heavy atom. The van der Waals surface area contributed by atoms with E-state index in [0.717, 1.165) is 49.7 Å². The average Bonchev–Trinajstić information content (AvgIpc) is 3.42. The number of fused-ring (bicyclic) bond motifs is 5. The topological polar surface area (TPSA) is 52.5 Å². The van der Waals surface area contributed by atoms with Crippen LogP contribution in [0.3, 0.4) is 0 Å². The second kappa shape index (κ2) is 10.1. The molecule has 1 atom stereocenters. The second-order valence-electron chi connectivity index (χ2n) is 12.3. The first-order valence-electron chi connectivity index (χ1n) is 15.3. The van der Waals surface area contributed by atoms with E-state index in [1.54, 1.807) is 0 Å². The first kappa shape index (κ1) is 26.7. The highest BCUT2D eigenvalue weighted by Crippen LogP contribution is 2.51. The van der Waals surface area contributed by atoms with Crippen LogP contribution in [0.4, 0.5) is 0 Å². The van der Waals surface area contributed by atoms with E-state index in [4.69, 9.17) is 0 Å². The Morgan fingerprint density at radius 3 is 1.91 bits per heavy atom. The molecular formula is C42H29N3. The van der Waals surface area contributed by atoms with Gasteiger partial charge in [0, 0.05) is 27.7 Å². The van der Waals surface area contributed by atoms with Gasteiger partial charge < -0.3 is 4.57 Å². The van der Waals surface area contributed by atoms with E-state index in [1.165, 1.54) is 16.7 Å². The Morgan fingerprint density at radius 2 is 1.22 bits per heavy atom. The van der Waals surface area contributed by atoms with Crippen molar-refractivity contribution in [3.8, 4) is 29.0 Å². The predicted octanol–water partition coefficient (Wildman–Crippen LogP) is 10.0. The summed E-state index contributed by atoms with van der Waals surface area (Å²) in [6.07, 6.45) is 0. The predicted molar refractivity (Wildman–Crippen MR) is 182 cm³/mol. The third-order valence-electron chi connectivity index (χ3n) is 9.61. The quantitative estimate of drug-likeness (QED) is 0.210. The summed E-state index contributed by atoms with van der Waals surface area (Å²) in [7, 11) is 0. The summed E-state index contributed by atoms with van der Waals surface area (Å²) in [4.78, 5) is 0. The Labute approximate surface area is 262 Å². The lowest BCUT2D eigenvalue weighted by molar-refractivity contribution is 0.597. The maximum absolute atomic E-state index is 10.8. The van der Waals surface area contributed by atoms with Crippen molar-refractivity contribution in [1.82, 2.24) is 4.57 Å². The standard InChI is InChI=1S/C42H29N3/c1-42(2)35-20-9-6-18-34(35)39(27-13-4-3-5-14-27)40-30(26-44)23-29(24-36(40)42)31-19-12-15-28(25-43)41(31)45-37-21-10-7-16-32(37)33-17-8-11-22-38(33)45/h3-24,39H,1-2H3. The third kappa shape index (κ3) is 3.88. The van der Waals surface area contributed by atoms with Gasteiger partial charge in [0.2, 0.25) is 0 Å². The molecule has 3 heteroatoms. The van der Waals surface area contributed by atoms with E-state index in [0.29, 0.717) is 11.1 Å². The number of aromatic nitrogens is 1. The number of nitrogens with zero attached hydrogens (tertiary/aromatic N) is 3. The average molecular weight is 576 g/mol. The lowest BCUT2D eigenvalue weighted by atomic mass is 9.62. The van der Waals surface area contributed by atoms with Crippen molar-refractivity contribution in [3.05, 3.63) is 172 Å². The maximum Gasteiger partial charge on any atom is 0.101 e. The van der Waals surface area contributed by atoms with Crippen LogP contribution in [-0.2, 0) is 5.41 Å².